The van der Waals surface area contributed by atoms with Crippen molar-refractivity contribution in [1.29, 1.82) is 0 Å². The minimum absolute atomic E-state index is 0.105. The van der Waals surface area contributed by atoms with E-state index in [1.807, 2.05) is 0 Å². The SMILES string of the molecule is C/C=C(/C)C(=O)O[C@H]1[C@H](O)C[C@H](c2ccc3c(c2O)C(O)=C2C(=O)C4(OC)C(O)=C(C(N)=O)C(=O)[C@H](OC(=O)c5ccccc5O)[C@@H]4C[C@@H]2[C@@]3(C)OC)O[C@@H]1C. The lowest BCUT2D eigenvalue weighted by Gasteiger charge is -2.53. The number of carbonyl (C=O) groups excluding carboxylic acids is 5. The molecule has 1 saturated carbocycles. The minimum Gasteiger partial charge on any atom is -0.508 e. The number of ether oxygens (including phenoxy) is 5. The molecule has 16 heteroatoms. The highest BCUT2D eigenvalue weighted by Crippen LogP contribution is 2.60. The van der Waals surface area contributed by atoms with Gasteiger partial charge in [-0.3, -0.25) is 14.4 Å². The second-order valence-corrected chi connectivity index (χ2v) is 14.4. The number of methoxy groups -OCH3 is 2. The molecule has 298 valence electrons. The summed E-state index contributed by atoms with van der Waals surface area (Å²) in [6.45, 7) is 6.39. The fraction of sp³-hybridized carbons (Fsp3) is 0.425. The zero-order valence-electron chi connectivity index (χ0n) is 31.4. The number of amides is 1. The smallest absolute Gasteiger partial charge is 0.342 e. The van der Waals surface area contributed by atoms with Crippen LogP contribution < -0.4 is 5.73 Å². The number of primary amides is 1. The molecule has 0 spiro atoms. The summed E-state index contributed by atoms with van der Waals surface area (Å²) >= 11 is 0. The maximum atomic E-state index is 15.0. The third kappa shape index (κ3) is 5.86. The van der Waals surface area contributed by atoms with Crippen LogP contribution in [0, 0.1) is 11.8 Å². The molecule has 2 aromatic rings. The molecule has 3 aliphatic carbocycles. The van der Waals surface area contributed by atoms with E-state index < -0.39 is 117 Å². The van der Waals surface area contributed by atoms with E-state index in [9.17, 15) is 49.5 Å². The molecule has 0 aromatic heterocycles. The van der Waals surface area contributed by atoms with Crippen molar-refractivity contribution in [3.05, 3.63) is 87.2 Å². The number of Topliss-reactive ketones (excluding diaryl/α,β-unsaturated/α-hetero) is 2. The number of benzene rings is 2. The van der Waals surface area contributed by atoms with E-state index in [1.165, 1.54) is 43.5 Å². The topological polar surface area (TPSA) is 259 Å². The number of phenolic OH excluding ortho intramolecular Hbond substituents is 2. The number of aromatic hydroxyl groups is 2. The molecular weight excluding hydrogens is 734 g/mol. The van der Waals surface area contributed by atoms with E-state index in [0.29, 0.717) is 5.57 Å². The zero-order valence-corrected chi connectivity index (χ0v) is 31.4. The highest BCUT2D eigenvalue weighted by atomic mass is 16.6. The van der Waals surface area contributed by atoms with Gasteiger partial charge in [0.2, 0.25) is 11.6 Å². The number of esters is 2. The summed E-state index contributed by atoms with van der Waals surface area (Å²) in [6, 6.07) is 8.34. The van der Waals surface area contributed by atoms with Crippen LogP contribution in [0.2, 0.25) is 0 Å². The summed E-state index contributed by atoms with van der Waals surface area (Å²) in [6.07, 6.45) is -4.99. The first kappa shape index (κ1) is 40.1. The normalized spacial score (nSPS) is 31.6. The highest BCUT2D eigenvalue weighted by molar-refractivity contribution is 6.24. The van der Waals surface area contributed by atoms with Crippen LogP contribution in [0.15, 0.2) is 65.0 Å². The Bertz CT molecular complexity index is 2120. The van der Waals surface area contributed by atoms with E-state index in [-0.39, 0.29) is 35.1 Å². The predicted molar refractivity (Wildman–Crippen MR) is 193 cm³/mol. The molecule has 1 saturated heterocycles. The average Bonchev–Trinajstić information content (AvgIpc) is 3.16. The molecule has 2 aromatic carbocycles. The van der Waals surface area contributed by atoms with E-state index in [2.05, 4.69) is 0 Å². The number of aliphatic hydroxyl groups is 3. The Kier molecular flexibility index (Phi) is 10.4. The number of hydrogen-bond acceptors (Lipinski definition) is 15. The number of allylic oxidation sites excluding steroid dienone is 1. The number of hydrogen-bond donors (Lipinski definition) is 6. The average molecular weight is 778 g/mol. The molecular formula is C40H43NO15. The van der Waals surface area contributed by atoms with Gasteiger partial charge in [0.05, 0.1) is 29.5 Å². The van der Waals surface area contributed by atoms with Gasteiger partial charge in [-0.2, -0.15) is 0 Å². The second kappa shape index (κ2) is 14.5. The van der Waals surface area contributed by atoms with E-state index >= 15 is 0 Å². The van der Waals surface area contributed by atoms with Crippen molar-refractivity contribution >= 4 is 35.2 Å². The molecule has 1 heterocycles. The van der Waals surface area contributed by atoms with Crippen LogP contribution in [-0.2, 0) is 48.5 Å². The zero-order chi connectivity index (χ0) is 41.2. The summed E-state index contributed by atoms with van der Waals surface area (Å²) in [5.74, 6) is -11.3. The van der Waals surface area contributed by atoms with Gasteiger partial charge in [-0.05, 0) is 51.8 Å². The van der Waals surface area contributed by atoms with Gasteiger partial charge < -0.3 is 55.0 Å². The largest absolute Gasteiger partial charge is 0.508 e. The van der Waals surface area contributed by atoms with Gasteiger partial charge in [-0.25, -0.2) is 9.59 Å². The monoisotopic (exact) mass is 777 g/mol. The number of phenols is 2. The fourth-order valence-corrected chi connectivity index (χ4v) is 8.49. The lowest BCUT2D eigenvalue weighted by Crippen LogP contribution is -2.66. The maximum absolute atomic E-state index is 15.0. The van der Waals surface area contributed by atoms with Crippen LogP contribution in [0.5, 0.6) is 11.5 Å². The van der Waals surface area contributed by atoms with Crippen LogP contribution in [0.1, 0.15) is 73.7 Å². The van der Waals surface area contributed by atoms with Gasteiger partial charge in [0, 0.05) is 49.2 Å². The third-order valence-corrected chi connectivity index (χ3v) is 11.7. The molecule has 4 aliphatic rings. The minimum atomic E-state index is -2.63. The molecule has 9 atom stereocenters. The highest BCUT2D eigenvalue weighted by Gasteiger charge is 2.68. The van der Waals surface area contributed by atoms with E-state index in [0.717, 1.165) is 7.11 Å². The lowest BCUT2D eigenvalue weighted by atomic mass is 9.55. The summed E-state index contributed by atoms with van der Waals surface area (Å²) in [7, 11) is 2.33. The Labute approximate surface area is 320 Å². The number of nitrogens with two attached hydrogens (primary N) is 1. The molecule has 16 nitrogen and oxygen atoms in total. The number of carbonyl (C=O) groups is 5. The van der Waals surface area contributed by atoms with Crippen LogP contribution in [-0.4, -0.2) is 99.2 Å². The molecule has 0 bridgehead atoms. The first-order chi connectivity index (χ1) is 26.4. The van der Waals surface area contributed by atoms with E-state index in [1.54, 1.807) is 33.8 Å². The van der Waals surface area contributed by atoms with Crippen molar-refractivity contribution < 1.29 is 73.2 Å². The number of ketones is 2. The van der Waals surface area contributed by atoms with Gasteiger partial charge in [0.25, 0.3) is 5.91 Å². The Hall–Kier alpha value is -5.55. The number of aliphatic hydroxyl groups excluding tert-OH is 3. The molecule has 6 rings (SSSR count). The Morgan fingerprint density at radius 1 is 0.982 bits per heavy atom. The predicted octanol–water partition coefficient (Wildman–Crippen LogP) is 3.03. The standard InChI is InChI=1S/C40H43NO15/c1-7-16(2)37(50)55-32-17(3)54-25(15-24(32)43)19-12-13-20-26(29(19)44)30(45)27-21(39(20,4)52-5)14-22-33(56-38(51)18-10-8-9-11-23(18)42)31(46)28(36(41)49)35(48)40(22,53-6)34(27)47/h7-13,17,21-22,24-25,32-33,42-45,48H,14-15H2,1-6H3,(H2,41,49)/b16-7-/t17-,21+,22+,24-,25-,32-,33-,39+,40?/m1/s1. The third-order valence-electron chi connectivity index (χ3n) is 11.7. The molecule has 2 fully saturated rings. The summed E-state index contributed by atoms with van der Waals surface area (Å²) < 4.78 is 29.0. The molecule has 1 aliphatic heterocycles. The molecule has 1 amide bonds. The summed E-state index contributed by atoms with van der Waals surface area (Å²) in [5, 5.41) is 56.9. The van der Waals surface area contributed by atoms with Crippen molar-refractivity contribution in [2.45, 2.75) is 82.3 Å². The Morgan fingerprint density at radius 3 is 2.25 bits per heavy atom. The molecule has 7 N–H and O–H groups in total. The van der Waals surface area contributed by atoms with Crippen molar-refractivity contribution in [3.8, 4) is 11.5 Å². The maximum Gasteiger partial charge on any atom is 0.342 e. The van der Waals surface area contributed by atoms with Crippen molar-refractivity contribution in [1.82, 2.24) is 0 Å². The Balaban J connectivity index is 1.47. The van der Waals surface area contributed by atoms with Gasteiger partial charge in [-0.1, -0.05) is 30.3 Å². The summed E-state index contributed by atoms with van der Waals surface area (Å²) in [5.41, 5.74) is -0.104. The van der Waals surface area contributed by atoms with Crippen molar-refractivity contribution in [2.24, 2.45) is 17.6 Å². The lowest BCUT2D eigenvalue weighted by molar-refractivity contribution is -0.191. The van der Waals surface area contributed by atoms with Crippen LogP contribution in [0.3, 0.4) is 0 Å². The van der Waals surface area contributed by atoms with Gasteiger partial charge in [0.1, 0.15) is 34.2 Å². The summed E-state index contributed by atoms with van der Waals surface area (Å²) in [4.78, 5) is 67.4. The molecule has 0 radical (unpaired) electrons. The number of para-hydroxylation sites is 1. The second-order valence-electron chi connectivity index (χ2n) is 14.4. The van der Waals surface area contributed by atoms with Crippen molar-refractivity contribution in [3.63, 3.8) is 0 Å². The first-order valence-electron chi connectivity index (χ1n) is 17.8. The van der Waals surface area contributed by atoms with Gasteiger partial charge in [-0.15, -0.1) is 0 Å². The molecule has 1 unspecified atom stereocenters. The van der Waals surface area contributed by atoms with Gasteiger partial charge >= 0.3 is 11.9 Å². The van der Waals surface area contributed by atoms with Crippen LogP contribution >= 0.6 is 0 Å². The first-order valence-corrected chi connectivity index (χ1v) is 17.8. The molecule has 56 heavy (non-hydrogen) atoms. The van der Waals surface area contributed by atoms with E-state index in [4.69, 9.17) is 29.4 Å². The van der Waals surface area contributed by atoms with Crippen LogP contribution in [0.25, 0.3) is 5.76 Å². The number of rotatable bonds is 8. The van der Waals surface area contributed by atoms with Gasteiger partial charge in [0.15, 0.2) is 17.8 Å². The quantitative estimate of drug-likeness (QED) is 0.128. The fourth-order valence-electron chi connectivity index (χ4n) is 8.49. The Morgan fingerprint density at radius 2 is 1.66 bits per heavy atom. The van der Waals surface area contributed by atoms with Crippen molar-refractivity contribution in [2.75, 3.05) is 14.2 Å². The number of fused-ring (bicyclic) bond motifs is 3. The van der Waals surface area contributed by atoms with Crippen LogP contribution in [0.4, 0.5) is 0 Å².